The van der Waals surface area contributed by atoms with Gasteiger partial charge in [-0.3, -0.25) is 0 Å². The molecule has 2 aromatic rings. The average molecular weight is 287 g/mol. The molecule has 21 heavy (non-hydrogen) atoms. The van der Waals surface area contributed by atoms with Crippen LogP contribution in [-0.2, 0) is 4.74 Å². The molecule has 2 aromatic carbocycles. The van der Waals surface area contributed by atoms with Crippen molar-refractivity contribution in [1.82, 2.24) is 0 Å². The highest BCUT2D eigenvalue weighted by Gasteiger charge is 2.41. The Hall–Kier alpha value is -1.45. The lowest BCUT2D eigenvalue weighted by atomic mass is 9.80. The highest BCUT2D eigenvalue weighted by atomic mass is 19.1. The summed E-state index contributed by atoms with van der Waals surface area (Å²) >= 11 is 0. The number of benzene rings is 2. The number of hydrogen-bond acceptors (Lipinski definition) is 2. The predicted octanol–water partition coefficient (Wildman–Crippen LogP) is 4.04. The van der Waals surface area contributed by atoms with Gasteiger partial charge in [-0.25, -0.2) is 4.39 Å². The number of ether oxygens (including phenoxy) is 1. The first kappa shape index (κ1) is 14.5. The first-order valence-corrected chi connectivity index (χ1v) is 7.59. The van der Waals surface area contributed by atoms with Crippen LogP contribution in [0.3, 0.4) is 0 Å². The third kappa shape index (κ3) is 2.34. The molecule has 0 amide bonds. The van der Waals surface area contributed by atoms with Gasteiger partial charge in [0.2, 0.25) is 0 Å². The molecular weight excluding hydrogens is 265 g/mol. The summed E-state index contributed by atoms with van der Waals surface area (Å²) in [5, 5.41) is 1.54. The fourth-order valence-electron chi connectivity index (χ4n) is 3.70. The lowest BCUT2D eigenvalue weighted by molar-refractivity contribution is 0.0490. The molecule has 1 saturated heterocycles. The van der Waals surface area contributed by atoms with E-state index >= 15 is 0 Å². The minimum Gasteiger partial charge on any atom is -0.375 e. The Morgan fingerprint density at radius 3 is 2.29 bits per heavy atom. The molecule has 0 radical (unpaired) electrons. The van der Waals surface area contributed by atoms with Crippen LogP contribution in [-0.4, -0.2) is 12.2 Å². The van der Waals surface area contributed by atoms with Crippen molar-refractivity contribution in [3.63, 3.8) is 0 Å². The van der Waals surface area contributed by atoms with E-state index in [-0.39, 0.29) is 30.0 Å². The molecular formula is C18H22FNO. The van der Waals surface area contributed by atoms with Crippen molar-refractivity contribution in [2.75, 3.05) is 0 Å². The molecule has 2 N–H and O–H groups in total. The minimum atomic E-state index is -0.196. The Kier molecular flexibility index (Phi) is 3.72. The second kappa shape index (κ2) is 5.39. The van der Waals surface area contributed by atoms with Crippen LogP contribution in [0.2, 0.25) is 0 Å². The van der Waals surface area contributed by atoms with Crippen LogP contribution in [0.25, 0.3) is 10.8 Å². The van der Waals surface area contributed by atoms with Crippen LogP contribution < -0.4 is 5.73 Å². The van der Waals surface area contributed by atoms with Crippen molar-refractivity contribution < 1.29 is 9.13 Å². The van der Waals surface area contributed by atoms with Gasteiger partial charge in [0.25, 0.3) is 0 Å². The number of halogens is 1. The van der Waals surface area contributed by atoms with Gasteiger partial charge in [-0.2, -0.15) is 0 Å². The maximum Gasteiger partial charge on any atom is 0.131 e. The summed E-state index contributed by atoms with van der Waals surface area (Å²) in [5.41, 5.74) is 7.56. The minimum absolute atomic E-state index is 0.119. The number of fused-ring (bicyclic) bond motifs is 1. The number of hydrogen-bond donors (Lipinski definition) is 1. The Morgan fingerprint density at radius 1 is 1.00 bits per heavy atom. The van der Waals surface area contributed by atoms with E-state index in [1.165, 1.54) is 6.07 Å². The molecule has 0 aromatic heterocycles. The van der Waals surface area contributed by atoms with Crippen LogP contribution in [0.1, 0.15) is 32.4 Å². The second-order valence-electron chi connectivity index (χ2n) is 6.19. The van der Waals surface area contributed by atoms with Crippen molar-refractivity contribution >= 4 is 10.8 Å². The summed E-state index contributed by atoms with van der Waals surface area (Å²) in [5.74, 6) is 0.436. The monoisotopic (exact) mass is 287 g/mol. The topological polar surface area (TPSA) is 35.2 Å². The van der Waals surface area contributed by atoms with E-state index < -0.39 is 0 Å². The Morgan fingerprint density at radius 2 is 1.67 bits per heavy atom. The van der Waals surface area contributed by atoms with Crippen LogP contribution in [0.15, 0.2) is 36.4 Å². The summed E-state index contributed by atoms with van der Waals surface area (Å²) in [6.45, 7) is 6.36. The van der Waals surface area contributed by atoms with Gasteiger partial charge in [-0.05, 0) is 36.8 Å². The molecule has 0 bridgehead atoms. The zero-order valence-corrected chi connectivity index (χ0v) is 12.7. The summed E-state index contributed by atoms with van der Waals surface area (Å²) in [6.07, 6.45) is 0.330. The van der Waals surface area contributed by atoms with Crippen molar-refractivity contribution in [3.05, 3.63) is 47.8 Å². The summed E-state index contributed by atoms with van der Waals surface area (Å²) < 4.78 is 19.9. The van der Waals surface area contributed by atoms with Crippen LogP contribution >= 0.6 is 0 Å². The van der Waals surface area contributed by atoms with Gasteiger partial charge in [0.1, 0.15) is 5.82 Å². The SMILES string of the molecule is CC1OC(C)C(C(N)c2ccc(F)c3ccccc23)C1C. The standard InChI is InChI=1S/C18H22FNO/c1-10-11(2)21-12(3)17(10)18(20)15-8-9-16(19)14-7-5-4-6-13(14)15/h4-12,17-18H,20H2,1-3H3. The normalized spacial score (nSPS) is 30.7. The van der Waals surface area contributed by atoms with Gasteiger partial charge in [0, 0.05) is 17.3 Å². The molecule has 1 aliphatic heterocycles. The van der Waals surface area contributed by atoms with E-state index in [0.29, 0.717) is 11.3 Å². The molecule has 1 heterocycles. The fourth-order valence-corrected chi connectivity index (χ4v) is 3.70. The lowest BCUT2D eigenvalue weighted by Crippen LogP contribution is -2.30. The molecule has 1 fully saturated rings. The van der Waals surface area contributed by atoms with E-state index in [4.69, 9.17) is 10.5 Å². The van der Waals surface area contributed by atoms with Gasteiger partial charge in [-0.1, -0.05) is 37.3 Å². The fraction of sp³-hybridized carbons (Fsp3) is 0.444. The van der Waals surface area contributed by atoms with E-state index in [1.54, 1.807) is 0 Å². The molecule has 3 rings (SSSR count). The third-order valence-corrected chi connectivity index (χ3v) is 5.00. The zero-order chi connectivity index (χ0) is 15.1. The van der Waals surface area contributed by atoms with Gasteiger partial charge in [0.05, 0.1) is 12.2 Å². The Balaban J connectivity index is 2.06. The van der Waals surface area contributed by atoms with Gasteiger partial charge < -0.3 is 10.5 Å². The van der Waals surface area contributed by atoms with Crippen molar-refractivity contribution in [1.29, 1.82) is 0 Å². The molecule has 1 aliphatic rings. The predicted molar refractivity (Wildman–Crippen MR) is 83.5 cm³/mol. The number of rotatable bonds is 2. The van der Waals surface area contributed by atoms with Crippen molar-refractivity contribution in [2.45, 2.75) is 39.0 Å². The van der Waals surface area contributed by atoms with E-state index in [9.17, 15) is 4.39 Å². The number of nitrogens with two attached hydrogens (primary N) is 1. The quantitative estimate of drug-likeness (QED) is 0.904. The highest BCUT2D eigenvalue weighted by Crippen LogP contribution is 2.41. The smallest absolute Gasteiger partial charge is 0.131 e. The average Bonchev–Trinajstić information content (AvgIpc) is 2.72. The first-order valence-electron chi connectivity index (χ1n) is 7.59. The van der Waals surface area contributed by atoms with Crippen LogP contribution in [0.4, 0.5) is 4.39 Å². The Labute approximate surface area is 125 Å². The van der Waals surface area contributed by atoms with Gasteiger partial charge >= 0.3 is 0 Å². The van der Waals surface area contributed by atoms with Crippen LogP contribution in [0, 0.1) is 17.7 Å². The van der Waals surface area contributed by atoms with Crippen LogP contribution in [0.5, 0.6) is 0 Å². The summed E-state index contributed by atoms with van der Waals surface area (Å²) in [4.78, 5) is 0. The molecule has 3 heteroatoms. The van der Waals surface area contributed by atoms with Gasteiger partial charge in [-0.15, -0.1) is 0 Å². The second-order valence-corrected chi connectivity index (χ2v) is 6.19. The highest BCUT2D eigenvalue weighted by molar-refractivity contribution is 5.86. The molecule has 0 aliphatic carbocycles. The molecule has 5 atom stereocenters. The maximum absolute atomic E-state index is 14.0. The maximum atomic E-state index is 14.0. The molecule has 0 spiro atoms. The van der Waals surface area contributed by atoms with Gasteiger partial charge in [0.15, 0.2) is 0 Å². The van der Waals surface area contributed by atoms with E-state index in [2.05, 4.69) is 20.8 Å². The van der Waals surface area contributed by atoms with E-state index in [1.807, 2.05) is 30.3 Å². The zero-order valence-electron chi connectivity index (χ0n) is 12.7. The van der Waals surface area contributed by atoms with E-state index in [0.717, 1.165) is 10.9 Å². The molecule has 2 nitrogen and oxygen atoms in total. The van der Waals surface area contributed by atoms with Crippen molar-refractivity contribution in [3.8, 4) is 0 Å². The van der Waals surface area contributed by atoms with Crippen molar-refractivity contribution in [2.24, 2.45) is 17.6 Å². The third-order valence-electron chi connectivity index (χ3n) is 5.00. The largest absolute Gasteiger partial charge is 0.375 e. The Bertz CT molecular complexity index is 657. The molecule has 5 unspecified atom stereocenters. The molecule has 0 saturated carbocycles. The lowest BCUT2D eigenvalue weighted by Gasteiger charge is -2.27. The first-order chi connectivity index (χ1) is 10.0. The summed E-state index contributed by atoms with van der Waals surface area (Å²) in [7, 11) is 0. The molecule has 112 valence electrons. The summed E-state index contributed by atoms with van der Waals surface area (Å²) in [6, 6.07) is 10.7.